The molecule has 6 nitrogen and oxygen atoms in total. The number of carbonyl (C=O) groups excluding carboxylic acids is 1. The quantitative estimate of drug-likeness (QED) is 0.551. The van der Waals surface area contributed by atoms with Crippen molar-refractivity contribution in [3.63, 3.8) is 0 Å². The molecule has 1 saturated heterocycles. The standard InChI is InChI=1S/C25H35N3O3S/c1-2-22-13-15-23(16-14-22)28(32(30,31)24-11-6-5-7-12-24)21-25(29)26-17-10-20-27-18-8-3-4-9-19-27/h5-7,11-16H,2-4,8-10,17-21H2,1H3,(H,26,29). The largest absolute Gasteiger partial charge is 0.354 e. The molecule has 0 aromatic heterocycles. The summed E-state index contributed by atoms with van der Waals surface area (Å²) in [7, 11) is -3.86. The molecule has 3 rings (SSSR count). The minimum Gasteiger partial charge on any atom is -0.354 e. The van der Waals surface area contributed by atoms with E-state index < -0.39 is 10.0 Å². The van der Waals surface area contributed by atoms with Gasteiger partial charge in [0.2, 0.25) is 5.91 Å². The van der Waals surface area contributed by atoms with Crippen LogP contribution in [0.4, 0.5) is 5.69 Å². The summed E-state index contributed by atoms with van der Waals surface area (Å²) in [6.07, 6.45) is 6.83. The zero-order valence-electron chi connectivity index (χ0n) is 19.0. The van der Waals surface area contributed by atoms with E-state index in [9.17, 15) is 13.2 Å². The summed E-state index contributed by atoms with van der Waals surface area (Å²) in [5.41, 5.74) is 1.61. The Kier molecular flexibility index (Phi) is 9.11. The lowest BCUT2D eigenvalue weighted by Crippen LogP contribution is -2.41. The van der Waals surface area contributed by atoms with Crippen molar-refractivity contribution in [2.45, 2.75) is 50.3 Å². The third-order valence-electron chi connectivity index (χ3n) is 5.92. The number of nitrogens with zero attached hydrogens (tertiary/aromatic N) is 2. The van der Waals surface area contributed by atoms with E-state index in [2.05, 4.69) is 10.2 Å². The van der Waals surface area contributed by atoms with Gasteiger partial charge in [-0.15, -0.1) is 0 Å². The molecule has 0 saturated carbocycles. The van der Waals surface area contributed by atoms with Gasteiger partial charge < -0.3 is 10.2 Å². The normalized spacial score (nSPS) is 15.2. The Morgan fingerprint density at radius 2 is 1.62 bits per heavy atom. The summed E-state index contributed by atoms with van der Waals surface area (Å²) in [5.74, 6) is -0.292. The topological polar surface area (TPSA) is 69.7 Å². The summed E-state index contributed by atoms with van der Waals surface area (Å²) in [4.78, 5) is 15.3. The van der Waals surface area contributed by atoms with E-state index >= 15 is 0 Å². The number of hydrogen-bond donors (Lipinski definition) is 1. The zero-order chi connectivity index (χ0) is 22.8. The molecular formula is C25H35N3O3S. The van der Waals surface area contributed by atoms with Crippen molar-refractivity contribution < 1.29 is 13.2 Å². The average molecular weight is 458 g/mol. The van der Waals surface area contributed by atoms with Crippen LogP contribution in [0.1, 0.15) is 44.6 Å². The maximum Gasteiger partial charge on any atom is 0.264 e. The molecule has 1 N–H and O–H groups in total. The predicted octanol–water partition coefficient (Wildman–Crippen LogP) is 3.83. The van der Waals surface area contributed by atoms with Crippen LogP contribution in [0, 0.1) is 0 Å². The van der Waals surface area contributed by atoms with Gasteiger partial charge in [0.15, 0.2) is 0 Å². The molecule has 1 fully saturated rings. The van der Waals surface area contributed by atoms with Gasteiger partial charge in [0, 0.05) is 6.54 Å². The highest BCUT2D eigenvalue weighted by molar-refractivity contribution is 7.92. The number of likely N-dealkylation sites (tertiary alicyclic amines) is 1. The van der Waals surface area contributed by atoms with Gasteiger partial charge >= 0.3 is 0 Å². The first kappa shape index (κ1) is 24.3. The molecule has 7 heteroatoms. The number of nitrogens with one attached hydrogen (secondary N) is 1. The van der Waals surface area contributed by atoms with Gasteiger partial charge in [0.1, 0.15) is 6.54 Å². The predicted molar refractivity (Wildman–Crippen MR) is 129 cm³/mol. The second kappa shape index (κ2) is 12.0. The van der Waals surface area contributed by atoms with E-state index in [4.69, 9.17) is 0 Å². The molecule has 1 aliphatic rings. The minimum absolute atomic E-state index is 0.175. The fraction of sp³-hybridized carbons (Fsp3) is 0.480. The van der Waals surface area contributed by atoms with Crippen LogP contribution < -0.4 is 9.62 Å². The number of hydrogen-bond acceptors (Lipinski definition) is 4. The molecule has 0 bridgehead atoms. The smallest absolute Gasteiger partial charge is 0.264 e. The van der Waals surface area contributed by atoms with Crippen molar-refractivity contribution in [1.29, 1.82) is 0 Å². The number of anilines is 1. The molecule has 32 heavy (non-hydrogen) atoms. The third-order valence-corrected chi connectivity index (χ3v) is 7.71. The molecule has 1 aliphatic heterocycles. The van der Waals surface area contributed by atoms with E-state index in [-0.39, 0.29) is 17.3 Å². The number of rotatable bonds is 10. The maximum absolute atomic E-state index is 13.3. The van der Waals surface area contributed by atoms with Gasteiger partial charge in [-0.2, -0.15) is 0 Å². The van der Waals surface area contributed by atoms with Gasteiger partial charge in [-0.1, -0.05) is 50.1 Å². The van der Waals surface area contributed by atoms with Crippen LogP contribution in [0.3, 0.4) is 0 Å². The molecule has 1 heterocycles. The second-order valence-electron chi connectivity index (χ2n) is 8.30. The lowest BCUT2D eigenvalue weighted by Gasteiger charge is -2.24. The van der Waals surface area contributed by atoms with Gasteiger partial charge in [-0.25, -0.2) is 8.42 Å². The molecular weight excluding hydrogens is 422 g/mol. The summed E-state index contributed by atoms with van der Waals surface area (Å²) >= 11 is 0. The molecule has 174 valence electrons. The fourth-order valence-corrected chi connectivity index (χ4v) is 5.45. The van der Waals surface area contributed by atoms with Crippen LogP contribution in [-0.4, -0.2) is 51.9 Å². The number of aryl methyl sites for hydroxylation is 1. The number of sulfonamides is 1. The summed E-state index contributed by atoms with van der Waals surface area (Å²) in [6.45, 7) is 5.57. The summed E-state index contributed by atoms with van der Waals surface area (Å²) in [6, 6.07) is 15.6. The monoisotopic (exact) mass is 457 g/mol. The first-order valence-electron chi connectivity index (χ1n) is 11.7. The second-order valence-corrected chi connectivity index (χ2v) is 10.2. The molecule has 0 unspecified atom stereocenters. The van der Waals surface area contributed by atoms with Crippen LogP contribution in [0.5, 0.6) is 0 Å². The van der Waals surface area contributed by atoms with Crippen molar-refractivity contribution in [1.82, 2.24) is 10.2 Å². The molecule has 2 aromatic rings. The average Bonchev–Trinajstić information content (AvgIpc) is 3.10. The van der Waals surface area contributed by atoms with Crippen LogP contribution in [0.15, 0.2) is 59.5 Å². The van der Waals surface area contributed by atoms with Gasteiger partial charge in [0.05, 0.1) is 10.6 Å². The Morgan fingerprint density at radius 3 is 2.25 bits per heavy atom. The fourth-order valence-electron chi connectivity index (χ4n) is 4.01. The molecule has 2 aromatic carbocycles. The first-order chi connectivity index (χ1) is 15.5. The highest BCUT2D eigenvalue weighted by Gasteiger charge is 2.27. The van der Waals surface area contributed by atoms with Crippen molar-refractivity contribution in [3.05, 3.63) is 60.2 Å². The number of carbonyl (C=O) groups is 1. The third kappa shape index (κ3) is 6.81. The Labute approximate surface area is 192 Å². The molecule has 0 aliphatic carbocycles. The lowest BCUT2D eigenvalue weighted by molar-refractivity contribution is -0.119. The van der Waals surface area contributed by atoms with E-state index in [1.54, 1.807) is 42.5 Å². The molecule has 1 amide bonds. The van der Waals surface area contributed by atoms with Crippen LogP contribution in [0.25, 0.3) is 0 Å². The Hall–Kier alpha value is -2.38. The first-order valence-corrected chi connectivity index (χ1v) is 13.1. The van der Waals surface area contributed by atoms with E-state index in [0.717, 1.165) is 38.0 Å². The van der Waals surface area contributed by atoms with Crippen LogP contribution in [0.2, 0.25) is 0 Å². The Balaban J connectivity index is 1.64. The SMILES string of the molecule is CCc1ccc(N(CC(=O)NCCCN2CCCCCC2)S(=O)(=O)c2ccccc2)cc1. The number of amides is 1. The molecule has 0 radical (unpaired) electrons. The summed E-state index contributed by atoms with van der Waals surface area (Å²) < 4.78 is 27.9. The van der Waals surface area contributed by atoms with Gasteiger partial charge in [-0.05, 0) is 75.1 Å². The Morgan fingerprint density at radius 1 is 0.969 bits per heavy atom. The van der Waals surface area contributed by atoms with E-state index in [1.165, 1.54) is 30.0 Å². The van der Waals surface area contributed by atoms with Crippen molar-refractivity contribution in [2.75, 3.05) is 37.0 Å². The number of benzene rings is 2. The maximum atomic E-state index is 13.3. The van der Waals surface area contributed by atoms with Crippen molar-refractivity contribution in [2.24, 2.45) is 0 Å². The van der Waals surface area contributed by atoms with Crippen molar-refractivity contribution in [3.8, 4) is 0 Å². The van der Waals surface area contributed by atoms with E-state index in [1.807, 2.05) is 19.1 Å². The molecule has 0 spiro atoms. The lowest BCUT2D eigenvalue weighted by atomic mass is 10.1. The summed E-state index contributed by atoms with van der Waals surface area (Å²) in [5, 5.41) is 2.91. The van der Waals surface area contributed by atoms with Gasteiger partial charge in [0.25, 0.3) is 10.0 Å². The highest BCUT2D eigenvalue weighted by Crippen LogP contribution is 2.24. The molecule has 0 atom stereocenters. The van der Waals surface area contributed by atoms with Crippen molar-refractivity contribution >= 4 is 21.6 Å². The minimum atomic E-state index is -3.86. The zero-order valence-corrected chi connectivity index (χ0v) is 19.8. The Bertz CT molecular complexity index is 938. The highest BCUT2D eigenvalue weighted by atomic mass is 32.2. The van der Waals surface area contributed by atoms with Crippen LogP contribution in [-0.2, 0) is 21.2 Å². The van der Waals surface area contributed by atoms with Gasteiger partial charge in [-0.3, -0.25) is 9.10 Å². The van der Waals surface area contributed by atoms with E-state index in [0.29, 0.717) is 12.2 Å². The van der Waals surface area contributed by atoms with Crippen LogP contribution >= 0.6 is 0 Å².